The second kappa shape index (κ2) is 5.63. The Bertz CT molecular complexity index is 456. The number of hydrogen-bond acceptors (Lipinski definition) is 2. The van der Waals surface area contributed by atoms with Crippen molar-refractivity contribution >= 4 is 21.8 Å². The molecule has 2 rings (SSSR count). The summed E-state index contributed by atoms with van der Waals surface area (Å²) in [6.45, 7) is 4.90. The van der Waals surface area contributed by atoms with Crippen LogP contribution in [0.25, 0.3) is 0 Å². The van der Waals surface area contributed by atoms with Gasteiger partial charge in [-0.2, -0.15) is 0 Å². The van der Waals surface area contributed by atoms with E-state index in [1.165, 1.54) is 5.56 Å². The number of aryl methyl sites for hydroxylation is 1. The standard InChI is InChI=1S/C15H21BrN2O/c1-15(2)13(17)9-10-18(15)14(19)8-5-11-3-6-12(16)7-4-11/h3-4,6-7,13H,5,8-10,17H2,1-2H3. The molecular weight excluding hydrogens is 304 g/mol. The van der Waals surface area contributed by atoms with Gasteiger partial charge in [0.25, 0.3) is 0 Å². The molecule has 1 aromatic carbocycles. The van der Waals surface area contributed by atoms with Crippen LogP contribution in [0.15, 0.2) is 28.7 Å². The van der Waals surface area contributed by atoms with E-state index in [4.69, 9.17) is 5.73 Å². The van der Waals surface area contributed by atoms with Crippen LogP contribution < -0.4 is 5.73 Å². The molecule has 0 aromatic heterocycles. The first-order chi connectivity index (χ1) is 8.91. The lowest BCUT2D eigenvalue weighted by Crippen LogP contribution is -2.51. The molecule has 1 atom stereocenters. The van der Waals surface area contributed by atoms with Crippen molar-refractivity contribution in [3.05, 3.63) is 34.3 Å². The van der Waals surface area contributed by atoms with Crippen LogP contribution in [0.5, 0.6) is 0 Å². The molecule has 0 saturated carbocycles. The predicted molar refractivity (Wildman–Crippen MR) is 80.8 cm³/mol. The fraction of sp³-hybridized carbons (Fsp3) is 0.533. The largest absolute Gasteiger partial charge is 0.336 e. The summed E-state index contributed by atoms with van der Waals surface area (Å²) in [5.74, 6) is 0.209. The Morgan fingerprint density at radius 3 is 2.58 bits per heavy atom. The first-order valence-electron chi connectivity index (χ1n) is 6.72. The van der Waals surface area contributed by atoms with Gasteiger partial charge in [0.1, 0.15) is 0 Å². The second-order valence-electron chi connectivity index (χ2n) is 5.72. The summed E-state index contributed by atoms with van der Waals surface area (Å²) in [7, 11) is 0. The molecule has 0 aliphatic carbocycles. The Hall–Kier alpha value is -0.870. The summed E-state index contributed by atoms with van der Waals surface area (Å²) in [5.41, 5.74) is 7.05. The van der Waals surface area contributed by atoms with Gasteiger partial charge in [-0.3, -0.25) is 4.79 Å². The number of nitrogens with zero attached hydrogens (tertiary/aromatic N) is 1. The van der Waals surface area contributed by atoms with Crippen LogP contribution in [0.4, 0.5) is 0 Å². The Morgan fingerprint density at radius 2 is 2.05 bits per heavy atom. The highest BCUT2D eigenvalue weighted by atomic mass is 79.9. The summed E-state index contributed by atoms with van der Waals surface area (Å²) in [5, 5.41) is 0. The average Bonchev–Trinajstić information content (AvgIpc) is 2.63. The van der Waals surface area contributed by atoms with Crippen LogP contribution in [-0.4, -0.2) is 28.9 Å². The smallest absolute Gasteiger partial charge is 0.223 e. The number of likely N-dealkylation sites (tertiary alicyclic amines) is 1. The normalized spacial score (nSPS) is 21.7. The molecule has 0 radical (unpaired) electrons. The maximum absolute atomic E-state index is 12.3. The minimum absolute atomic E-state index is 0.0872. The fourth-order valence-electron chi connectivity index (χ4n) is 2.59. The van der Waals surface area contributed by atoms with Crippen LogP contribution in [0, 0.1) is 0 Å². The van der Waals surface area contributed by atoms with Crippen LogP contribution in [0.3, 0.4) is 0 Å². The molecule has 3 nitrogen and oxygen atoms in total. The lowest BCUT2D eigenvalue weighted by molar-refractivity contribution is -0.134. The summed E-state index contributed by atoms with van der Waals surface area (Å²) in [6, 6.07) is 8.21. The van der Waals surface area contributed by atoms with E-state index in [1.54, 1.807) is 0 Å². The number of halogens is 1. The highest BCUT2D eigenvalue weighted by Gasteiger charge is 2.41. The topological polar surface area (TPSA) is 46.3 Å². The SMILES string of the molecule is CC1(C)C(N)CCN1C(=O)CCc1ccc(Br)cc1. The fourth-order valence-corrected chi connectivity index (χ4v) is 2.86. The van der Waals surface area contributed by atoms with Gasteiger partial charge in [-0.05, 0) is 44.4 Å². The van der Waals surface area contributed by atoms with Gasteiger partial charge in [0.15, 0.2) is 0 Å². The van der Waals surface area contributed by atoms with Crippen molar-refractivity contribution in [1.82, 2.24) is 4.90 Å². The van der Waals surface area contributed by atoms with E-state index >= 15 is 0 Å². The molecule has 0 bridgehead atoms. The lowest BCUT2D eigenvalue weighted by atomic mass is 9.96. The molecule has 19 heavy (non-hydrogen) atoms. The van der Waals surface area contributed by atoms with Crippen molar-refractivity contribution in [3.8, 4) is 0 Å². The molecule has 1 unspecified atom stereocenters. The predicted octanol–water partition coefficient (Wildman–Crippen LogP) is 2.72. The average molecular weight is 325 g/mol. The highest BCUT2D eigenvalue weighted by Crippen LogP contribution is 2.28. The van der Waals surface area contributed by atoms with Crippen LogP contribution in [-0.2, 0) is 11.2 Å². The summed E-state index contributed by atoms with van der Waals surface area (Å²) < 4.78 is 1.06. The van der Waals surface area contributed by atoms with E-state index in [0.717, 1.165) is 23.9 Å². The minimum Gasteiger partial charge on any atom is -0.336 e. The van der Waals surface area contributed by atoms with Crippen molar-refractivity contribution in [2.45, 2.75) is 44.7 Å². The summed E-state index contributed by atoms with van der Waals surface area (Å²) in [6.07, 6.45) is 2.24. The van der Waals surface area contributed by atoms with Crippen LogP contribution in [0.2, 0.25) is 0 Å². The van der Waals surface area contributed by atoms with Crippen molar-refractivity contribution in [2.24, 2.45) is 5.73 Å². The van der Waals surface area contributed by atoms with Crippen molar-refractivity contribution in [1.29, 1.82) is 0 Å². The molecule has 104 valence electrons. The third-order valence-corrected chi connectivity index (χ3v) is 4.64. The van der Waals surface area contributed by atoms with E-state index in [1.807, 2.05) is 17.0 Å². The molecule has 1 aromatic rings. The van der Waals surface area contributed by atoms with Gasteiger partial charge in [0, 0.05) is 23.5 Å². The quantitative estimate of drug-likeness (QED) is 0.929. The van der Waals surface area contributed by atoms with Gasteiger partial charge < -0.3 is 10.6 Å². The van der Waals surface area contributed by atoms with Gasteiger partial charge in [-0.25, -0.2) is 0 Å². The van der Waals surface area contributed by atoms with E-state index in [2.05, 4.69) is 41.9 Å². The molecule has 1 saturated heterocycles. The van der Waals surface area contributed by atoms with Gasteiger partial charge in [-0.1, -0.05) is 28.1 Å². The molecule has 0 spiro atoms. The van der Waals surface area contributed by atoms with Crippen LogP contribution in [0.1, 0.15) is 32.3 Å². The Balaban J connectivity index is 1.93. The zero-order valence-corrected chi connectivity index (χ0v) is 13.1. The molecule has 1 aliphatic heterocycles. The van der Waals surface area contributed by atoms with Crippen molar-refractivity contribution < 1.29 is 4.79 Å². The second-order valence-corrected chi connectivity index (χ2v) is 6.64. The number of amides is 1. The van der Waals surface area contributed by atoms with E-state index in [0.29, 0.717) is 6.42 Å². The number of carbonyl (C=O) groups is 1. The lowest BCUT2D eigenvalue weighted by Gasteiger charge is -2.34. The molecule has 1 aliphatic rings. The van der Waals surface area contributed by atoms with Crippen LogP contribution >= 0.6 is 15.9 Å². The Morgan fingerprint density at radius 1 is 1.42 bits per heavy atom. The van der Waals surface area contributed by atoms with Crippen molar-refractivity contribution in [3.63, 3.8) is 0 Å². The molecule has 1 heterocycles. The van der Waals surface area contributed by atoms with Gasteiger partial charge in [0.05, 0.1) is 5.54 Å². The summed E-state index contributed by atoms with van der Waals surface area (Å²) in [4.78, 5) is 14.2. The molecule has 1 fully saturated rings. The van der Waals surface area contributed by atoms with Gasteiger partial charge in [0.2, 0.25) is 5.91 Å². The van der Waals surface area contributed by atoms with Gasteiger partial charge >= 0.3 is 0 Å². The monoisotopic (exact) mass is 324 g/mol. The van der Waals surface area contributed by atoms with E-state index in [-0.39, 0.29) is 17.5 Å². The molecule has 1 amide bonds. The third-order valence-electron chi connectivity index (χ3n) is 4.11. The number of carbonyl (C=O) groups excluding carboxylic acids is 1. The van der Waals surface area contributed by atoms with Gasteiger partial charge in [-0.15, -0.1) is 0 Å². The number of hydrogen-bond donors (Lipinski definition) is 1. The molecular formula is C15H21BrN2O. The number of rotatable bonds is 3. The third kappa shape index (κ3) is 3.18. The van der Waals surface area contributed by atoms with E-state index < -0.39 is 0 Å². The zero-order valence-electron chi connectivity index (χ0n) is 11.5. The molecule has 2 N–H and O–H groups in total. The number of benzene rings is 1. The maximum Gasteiger partial charge on any atom is 0.223 e. The maximum atomic E-state index is 12.3. The van der Waals surface area contributed by atoms with Crippen molar-refractivity contribution in [2.75, 3.05) is 6.54 Å². The number of nitrogens with two attached hydrogens (primary N) is 1. The Labute approximate surface area is 123 Å². The zero-order chi connectivity index (χ0) is 14.0. The Kier molecular flexibility index (Phi) is 4.31. The first-order valence-corrected chi connectivity index (χ1v) is 7.51. The highest BCUT2D eigenvalue weighted by molar-refractivity contribution is 9.10. The van der Waals surface area contributed by atoms with E-state index in [9.17, 15) is 4.79 Å². The molecule has 4 heteroatoms. The summed E-state index contributed by atoms with van der Waals surface area (Å²) >= 11 is 3.41. The minimum atomic E-state index is -0.212. The first kappa shape index (κ1) is 14.5.